The number of nitrogen functional groups attached to an aromatic ring is 2. The third-order valence-corrected chi connectivity index (χ3v) is 13.8. The summed E-state index contributed by atoms with van der Waals surface area (Å²) in [5.41, 5.74) is 22.7. The summed E-state index contributed by atoms with van der Waals surface area (Å²) in [4.78, 5) is 0. The minimum atomic E-state index is 0.0572. The Morgan fingerprint density at radius 1 is 0.421 bits per heavy atom. The van der Waals surface area contributed by atoms with E-state index < -0.39 is 0 Å². The van der Waals surface area contributed by atoms with Gasteiger partial charge in [0.1, 0.15) is 0 Å². The van der Waals surface area contributed by atoms with Crippen LogP contribution in [-0.4, -0.2) is 0 Å². The standard InChI is InChI=1S/C55H80N2/c1-4-7-10-13-14-15-16-17-18-21-44-40-42-55(43-41-44,49-32-24-45(25-33-49)53(22-19-11-8-5-2)47-28-36-51(56)37-29-47)50-34-26-46(27-35-50)54(23-20-12-9-6-3)48-30-38-52(57)39-31-48/h24-39,44,53-54H,4-23,40-43,56-57H2,1-3H3. The number of unbranched alkanes of at least 4 members (excludes halogenated alkanes) is 14. The van der Waals surface area contributed by atoms with E-state index >= 15 is 0 Å². The van der Waals surface area contributed by atoms with Gasteiger partial charge >= 0.3 is 0 Å². The smallest absolute Gasteiger partial charge is 0.0314 e. The molecule has 0 aliphatic heterocycles. The van der Waals surface area contributed by atoms with Gasteiger partial charge in [-0.2, -0.15) is 0 Å². The van der Waals surface area contributed by atoms with E-state index in [1.165, 1.54) is 187 Å². The van der Waals surface area contributed by atoms with E-state index in [4.69, 9.17) is 11.5 Å². The average Bonchev–Trinajstić information content (AvgIpc) is 3.24. The molecule has 5 rings (SSSR count). The minimum Gasteiger partial charge on any atom is -0.399 e. The van der Waals surface area contributed by atoms with Crippen LogP contribution in [0.25, 0.3) is 0 Å². The van der Waals surface area contributed by atoms with Crippen molar-refractivity contribution in [2.24, 2.45) is 5.92 Å². The highest BCUT2D eigenvalue weighted by Gasteiger charge is 2.38. The molecule has 0 spiro atoms. The fraction of sp³-hybridized carbons (Fsp3) is 0.564. The third kappa shape index (κ3) is 13.5. The highest BCUT2D eigenvalue weighted by atomic mass is 14.5. The molecular weight excluding hydrogens is 689 g/mol. The maximum Gasteiger partial charge on any atom is 0.0314 e. The van der Waals surface area contributed by atoms with Crippen molar-refractivity contribution in [1.82, 2.24) is 0 Å². The molecule has 0 aromatic heterocycles. The first-order valence-corrected chi connectivity index (χ1v) is 23.9. The lowest BCUT2D eigenvalue weighted by atomic mass is 9.62. The maximum absolute atomic E-state index is 6.14. The summed E-state index contributed by atoms with van der Waals surface area (Å²) in [7, 11) is 0. The Morgan fingerprint density at radius 2 is 0.737 bits per heavy atom. The summed E-state index contributed by atoms with van der Waals surface area (Å²) in [6.07, 6.45) is 31.9. The van der Waals surface area contributed by atoms with E-state index in [1.807, 2.05) is 0 Å². The molecule has 2 heteroatoms. The highest BCUT2D eigenvalue weighted by molar-refractivity contribution is 5.47. The van der Waals surface area contributed by atoms with E-state index in [2.05, 4.69) is 118 Å². The lowest BCUT2D eigenvalue weighted by molar-refractivity contribution is 0.250. The first-order valence-electron chi connectivity index (χ1n) is 23.9. The molecule has 1 aliphatic rings. The zero-order chi connectivity index (χ0) is 40.1. The number of rotatable bonds is 26. The number of nitrogens with two attached hydrogens (primary N) is 2. The molecule has 2 unspecified atom stereocenters. The fourth-order valence-electron chi connectivity index (χ4n) is 10.1. The van der Waals surface area contributed by atoms with Crippen molar-refractivity contribution in [1.29, 1.82) is 0 Å². The SMILES string of the molecule is CCCCCCCCCCCC1CCC(c2ccc(C(CCCCCC)c3ccc(N)cc3)cc2)(c2ccc(C(CCCCCC)c3ccc(N)cc3)cc2)CC1. The fourth-order valence-corrected chi connectivity index (χ4v) is 10.1. The van der Waals surface area contributed by atoms with E-state index in [9.17, 15) is 0 Å². The van der Waals surface area contributed by atoms with Crippen molar-refractivity contribution in [3.05, 3.63) is 130 Å². The molecule has 1 fully saturated rings. The largest absolute Gasteiger partial charge is 0.399 e. The zero-order valence-electron chi connectivity index (χ0n) is 36.6. The second-order valence-electron chi connectivity index (χ2n) is 18.0. The van der Waals surface area contributed by atoms with Crippen LogP contribution in [0.15, 0.2) is 97.1 Å². The van der Waals surface area contributed by atoms with Gasteiger partial charge in [0.25, 0.3) is 0 Å². The van der Waals surface area contributed by atoms with Gasteiger partial charge in [-0.15, -0.1) is 0 Å². The second kappa shape index (κ2) is 24.4. The van der Waals surface area contributed by atoms with Crippen LogP contribution in [0, 0.1) is 5.92 Å². The first-order chi connectivity index (χ1) is 28.0. The molecule has 2 nitrogen and oxygen atoms in total. The van der Waals surface area contributed by atoms with Crippen LogP contribution in [0.3, 0.4) is 0 Å². The Kier molecular flexibility index (Phi) is 19.1. The maximum atomic E-state index is 6.14. The molecule has 310 valence electrons. The van der Waals surface area contributed by atoms with Crippen molar-refractivity contribution in [3.63, 3.8) is 0 Å². The van der Waals surface area contributed by atoms with E-state index in [1.54, 1.807) is 0 Å². The molecule has 1 saturated carbocycles. The van der Waals surface area contributed by atoms with Crippen molar-refractivity contribution in [2.75, 3.05) is 11.5 Å². The van der Waals surface area contributed by atoms with Gasteiger partial charge in [-0.05, 0) is 102 Å². The van der Waals surface area contributed by atoms with Crippen LogP contribution >= 0.6 is 0 Å². The van der Waals surface area contributed by atoms with Gasteiger partial charge in [0.05, 0.1) is 0 Å². The number of hydrogen-bond donors (Lipinski definition) is 2. The van der Waals surface area contributed by atoms with Crippen LogP contribution in [0.2, 0.25) is 0 Å². The second-order valence-corrected chi connectivity index (χ2v) is 18.0. The molecule has 0 saturated heterocycles. The summed E-state index contributed by atoms with van der Waals surface area (Å²) < 4.78 is 0. The quantitative estimate of drug-likeness (QED) is 0.0494. The van der Waals surface area contributed by atoms with Crippen LogP contribution in [0.1, 0.15) is 220 Å². The first kappa shape index (κ1) is 44.6. The molecule has 4 aromatic carbocycles. The Bertz CT molecular complexity index is 1520. The van der Waals surface area contributed by atoms with E-state index in [-0.39, 0.29) is 5.41 Å². The van der Waals surface area contributed by atoms with Crippen LogP contribution in [-0.2, 0) is 5.41 Å². The third-order valence-electron chi connectivity index (χ3n) is 13.8. The number of anilines is 2. The average molecular weight is 769 g/mol. The molecule has 0 amide bonds. The van der Waals surface area contributed by atoms with Crippen molar-refractivity contribution in [3.8, 4) is 0 Å². The highest BCUT2D eigenvalue weighted by Crippen LogP contribution is 2.48. The monoisotopic (exact) mass is 769 g/mol. The predicted molar refractivity (Wildman–Crippen MR) is 250 cm³/mol. The van der Waals surface area contributed by atoms with Gasteiger partial charge in [0.2, 0.25) is 0 Å². The topological polar surface area (TPSA) is 52.0 Å². The van der Waals surface area contributed by atoms with Crippen molar-refractivity contribution >= 4 is 11.4 Å². The Balaban J connectivity index is 1.36. The zero-order valence-corrected chi connectivity index (χ0v) is 36.6. The van der Waals surface area contributed by atoms with Gasteiger partial charge in [-0.1, -0.05) is 209 Å². The van der Waals surface area contributed by atoms with Crippen LogP contribution < -0.4 is 11.5 Å². The summed E-state index contributed by atoms with van der Waals surface area (Å²) in [5, 5.41) is 0. The summed E-state index contributed by atoms with van der Waals surface area (Å²) in [6, 6.07) is 37.3. The summed E-state index contributed by atoms with van der Waals surface area (Å²) in [5.74, 6) is 1.67. The van der Waals surface area contributed by atoms with E-state index in [0.29, 0.717) is 11.8 Å². The van der Waals surface area contributed by atoms with Gasteiger partial charge in [0, 0.05) is 28.6 Å². The molecule has 0 bridgehead atoms. The molecule has 57 heavy (non-hydrogen) atoms. The van der Waals surface area contributed by atoms with Gasteiger partial charge in [-0.25, -0.2) is 0 Å². The van der Waals surface area contributed by atoms with Crippen molar-refractivity contribution in [2.45, 2.75) is 192 Å². The molecule has 4 aromatic rings. The summed E-state index contributed by atoms with van der Waals surface area (Å²) in [6.45, 7) is 6.92. The molecule has 0 radical (unpaired) electrons. The van der Waals surface area contributed by atoms with Crippen LogP contribution in [0.5, 0.6) is 0 Å². The number of benzene rings is 4. The van der Waals surface area contributed by atoms with Gasteiger partial charge < -0.3 is 11.5 Å². The number of hydrogen-bond acceptors (Lipinski definition) is 2. The van der Waals surface area contributed by atoms with E-state index in [0.717, 1.165) is 17.3 Å². The minimum absolute atomic E-state index is 0.0572. The molecule has 2 atom stereocenters. The van der Waals surface area contributed by atoms with Gasteiger partial charge in [0.15, 0.2) is 0 Å². The Morgan fingerprint density at radius 3 is 1.11 bits per heavy atom. The molecular formula is C55H80N2. The summed E-state index contributed by atoms with van der Waals surface area (Å²) >= 11 is 0. The molecule has 4 N–H and O–H groups in total. The lowest BCUT2D eigenvalue weighted by Gasteiger charge is -2.42. The normalized spacial score (nSPS) is 18.1. The predicted octanol–water partition coefficient (Wildman–Crippen LogP) is 16.5. The van der Waals surface area contributed by atoms with Gasteiger partial charge in [-0.3, -0.25) is 0 Å². The molecule has 0 heterocycles. The lowest BCUT2D eigenvalue weighted by Crippen LogP contribution is -2.33. The van der Waals surface area contributed by atoms with Crippen molar-refractivity contribution < 1.29 is 0 Å². The Labute approximate surface area is 350 Å². The van der Waals surface area contributed by atoms with Crippen LogP contribution in [0.4, 0.5) is 11.4 Å². The Hall–Kier alpha value is -3.52. The molecule has 1 aliphatic carbocycles.